The average Bonchev–Trinajstić information content (AvgIpc) is 2.19. The van der Waals surface area contributed by atoms with E-state index in [1.807, 2.05) is 0 Å². The first-order valence-electron chi connectivity index (χ1n) is 5.40. The summed E-state index contributed by atoms with van der Waals surface area (Å²) in [6, 6.07) is 7.18. The SMILES string of the molecule is Cc1ccc(CN2CCC2CN)cc1Br. The molecule has 1 aromatic carbocycles. The van der Waals surface area contributed by atoms with Crippen molar-refractivity contribution in [2.45, 2.75) is 25.9 Å². The molecule has 15 heavy (non-hydrogen) atoms. The van der Waals surface area contributed by atoms with Gasteiger partial charge in [0.2, 0.25) is 0 Å². The molecule has 1 atom stereocenters. The zero-order chi connectivity index (χ0) is 10.8. The van der Waals surface area contributed by atoms with E-state index in [9.17, 15) is 0 Å². The van der Waals surface area contributed by atoms with Gasteiger partial charge in [0.15, 0.2) is 0 Å². The zero-order valence-corrected chi connectivity index (χ0v) is 10.6. The minimum Gasteiger partial charge on any atom is -0.329 e. The zero-order valence-electron chi connectivity index (χ0n) is 9.04. The molecular formula is C12H17BrN2. The highest BCUT2D eigenvalue weighted by atomic mass is 79.9. The van der Waals surface area contributed by atoms with Crippen molar-refractivity contribution >= 4 is 15.9 Å². The lowest BCUT2D eigenvalue weighted by atomic mass is 10.0. The van der Waals surface area contributed by atoms with Crippen LogP contribution >= 0.6 is 15.9 Å². The molecule has 1 heterocycles. The Bertz CT molecular complexity index is 349. The number of nitrogens with zero attached hydrogens (tertiary/aromatic N) is 1. The highest BCUT2D eigenvalue weighted by Crippen LogP contribution is 2.22. The number of likely N-dealkylation sites (tertiary alicyclic amines) is 1. The van der Waals surface area contributed by atoms with Crippen molar-refractivity contribution in [1.29, 1.82) is 0 Å². The minimum absolute atomic E-state index is 0.602. The number of benzene rings is 1. The van der Waals surface area contributed by atoms with Gasteiger partial charge in [-0.1, -0.05) is 28.1 Å². The fourth-order valence-corrected chi connectivity index (χ4v) is 2.36. The fourth-order valence-electron chi connectivity index (χ4n) is 1.94. The van der Waals surface area contributed by atoms with E-state index in [0.717, 1.165) is 13.1 Å². The molecule has 1 aliphatic rings. The molecule has 3 heteroatoms. The van der Waals surface area contributed by atoms with Crippen LogP contribution in [0.2, 0.25) is 0 Å². The lowest BCUT2D eigenvalue weighted by molar-refractivity contribution is 0.0882. The van der Waals surface area contributed by atoms with Crippen LogP contribution in [0.25, 0.3) is 0 Å². The average molecular weight is 269 g/mol. The molecule has 2 nitrogen and oxygen atoms in total. The van der Waals surface area contributed by atoms with E-state index in [2.05, 4.69) is 46.0 Å². The van der Waals surface area contributed by atoms with Crippen LogP contribution in [0.3, 0.4) is 0 Å². The number of aryl methyl sites for hydroxylation is 1. The third-order valence-corrected chi connectivity index (χ3v) is 4.01. The Labute approximate surface area is 99.6 Å². The van der Waals surface area contributed by atoms with Gasteiger partial charge < -0.3 is 5.73 Å². The van der Waals surface area contributed by atoms with Crippen LogP contribution in [0.4, 0.5) is 0 Å². The lowest BCUT2D eigenvalue weighted by Crippen LogP contribution is -2.50. The molecule has 0 aliphatic carbocycles. The number of rotatable bonds is 3. The number of nitrogens with two attached hydrogens (primary N) is 1. The topological polar surface area (TPSA) is 29.3 Å². The van der Waals surface area contributed by atoms with Crippen molar-refractivity contribution < 1.29 is 0 Å². The van der Waals surface area contributed by atoms with Crippen molar-refractivity contribution in [1.82, 2.24) is 4.90 Å². The molecule has 0 saturated carbocycles. The maximum absolute atomic E-state index is 5.68. The van der Waals surface area contributed by atoms with Gasteiger partial charge in [-0.3, -0.25) is 4.90 Å². The van der Waals surface area contributed by atoms with Gasteiger partial charge in [0.05, 0.1) is 0 Å². The Balaban J connectivity index is 2.02. The lowest BCUT2D eigenvalue weighted by Gasteiger charge is -2.40. The number of hydrogen-bond acceptors (Lipinski definition) is 2. The van der Waals surface area contributed by atoms with Crippen molar-refractivity contribution in [3.8, 4) is 0 Å². The standard InChI is InChI=1S/C12H17BrN2/c1-9-2-3-10(6-12(9)13)8-15-5-4-11(15)7-14/h2-3,6,11H,4-5,7-8,14H2,1H3. The van der Waals surface area contributed by atoms with Gasteiger partial charge >= 0.3 is 0 Å². The van der Waals surface area contributed by atoms with Gasteiger partial charge in [0, 0.05) is 30.1 Å². The van der Waals surface area contributed by atoms with Crippen molar-refractivity contribution in [2.24, 2.45) is 5.73 Å². The first-order valence-corrected chi connectivity index (χ1v) is 6.19. The monoisotopic (exact) mass is 268 g/mol. The van der Waals surface area contributed by atoms with Crippen molar-refractivity contribution in [3.63, 3.8) is 0 Å². The Morgan fingerprint density at radius 3 is 2.87 bits per heavy atom. The molecule has 1 unspecified atom stereocenters. The predicted octanol–water partition coefficient (Wildman–Crippen LogP) is 2.29. The Morgan fingerprint density at radius 1 is 1.53 bits per heavy atom. The molecule has 0 amide bonds. The van der Waals surface area contributed by atoms with Crippen molar-refractivity contribution in [2.75, 3.05) is 13.1 Å². The molecule has 2 N–H and O–H groups in total. The van der Waals surface area contributed by atoms with E-state index >= 15 is 0 Å². The summed E-state index contributed by atoms with van der Waals surface area (Å²) in [7, 11) is 0. The van der Waals surface area contributed by atoms with Crippen LogP contribution in [0.15, 0.2) is 22.7 Å². The maximum Gasteiger partial charge on any atom is 0.0237 e. The normalized spacial score (nSPS) is 21.4. The van der Waals surface area contributed by atoms with Gasteiger partial charge in [-0.05, 0) is 30.5 Å². The summed E-state index contributed by atoms with van der Waals surface area (Å²) in [4.78, 5) is 2.44. The number of hydrogen-bond donors (Lipinski definition) is 1. The largest absolute Gasteiger partial charge is 0.329 e. The van der Waals surface area contributed by atoms with Gasteiger partial charge in [-0.2, -0.15) is 0 Å². The summed E-state index contributed by atoms with van der Waals surface area (Å²) >= 11 is 3.56. The summed E-state index contributed by atoms with van der Waals surface area (Å²) in [5.74, 6) is 0. The molecule has 1 aliphatic heterocycles. The van der Waals surface area contributed by atoms with Crippen molar-refractivity contribution in [3.05, 3.63) is 33.8 Å². The first-order chi connectivity index (χ1) is 7.20. The molecule has 0 bridgehead atoms. The van der Waals surface area contributed by atoms with Gasteiger partial charge in [0.25, 0.3) is 0 Å². The summed E-state index contributed by atoms with van der Waals surface area (Å²) in [6.07, 6.45) is 1.25. The smallest absolute Gasteiger partial charge is 0.0237 e. The molecule has 1 aromatic rings. The molecular weight excluding hydrogens is 252 g/mol. The van der Waals surface area contributed by atoms with Gasteiger partial charge in [-0.15, -0.1) is 0 Å². The molecule has 0 radical (unpaired) electrons. The van der Waals surface area contributed by atoms with E-state index in [1.54, 1.807) is 0 Å². The minimum atomic E-state index is 0.602. The Hall–Kier alpha value is -0.380. The van der Waals surface area contributed by atoms with E-state index in [4.69, 9.17) is 5.73 Å². The maximum atomic E-state index is 5.68. The highest BCUT2D eigenvalue weighted by molar-refractivity contribution is 9.10. The molecule has 1 saturated heterocycles. The van der Waals surface area contributed by atoms with Gasteiger partial charge in [-0.25, -0.2) is 0 Å². The molecule has 82 valence electrons. The van der Waals surface area contributed by atoms with Gasteiger partial charge in [0.1, 0.15) is 0 Å². The molecule has 0 spiro atoms. The highest BCUT2D eigenvalue weighted by Gasteiger charge is 2.26. The van der Waals surface area contributed by atoms with Crippen LogP contribution in [-0.4, -0.2) is 24.0 Å². The van der Waals surface area contributed by atoms with E-state index in [-0.39, 0.29) is 0 Å². The van der Waals surface area contributed by atoms with Crippen LogP contribution in [0.1, 0.15) is 17.5 Å². The second kappa shape index (κ2) is 4.64. The third-order valence-electron chi connectivity index (χ3n) is 3.16. The fraction of sp³-hybridized carbons (Fsp3) is 0.500. The molecule has 1 fully saturated rings. The summed E-state index contributed by atoms with van der Waals surface area (Å²) < 4.78 is 1.20. The van der Waals surface area contributed by atoms with E-state index < -0.39 is 0 Å². The molecule has 2 rings (SSSR count). The van der Waals surface area contributed by atoms with E-state index in [1.165, 1.54) is 28.6 Å². The first kappa shape index (κ1) is 11.1. The summed E-state index contributed by atoms with van der Waals surface area (Å²) in [5, 5.41) is 0. The van der Waals surface area contributed by atoms with E-state index in [0.29, 0.717) is 6.04 Å². The van der Waals surface area contributed by atoms with Crippen LogP contribution in [0.5, 0.6) is 0 Å². The van der Waals surface area contributed by atoms with Crippen LogP contribution in [0, 0.1) is 6.92 Å². The Kier molecular flexibility index (Phi) is 3.44. The van der Waals surface area contributed by atoms with Crippen LogP contribution < -0.4 is 5.73 Å². The third kappa shape index (κ3) is 2.41. The quantitative estimate of drug-likeness (QED) is 0.912. The molecule has 0 aromatic heterocycles. The number of halogens is 1. The predicted molar refractivity (Wildman–Crippen MR) is 66.7 cm³/mol. The summed E-state index contributed by atoms with van der Waals surface area (Å²) in [6.45, 7) is 5.11. The second-order valence-corrected chi connectivity index (χ2v) is 5.09. The second-order valence-electron chi connectivity index (χ2n) is 4.23. The van der Waals surface area contributed by atoms with Crippen LogP contribution in [-0.2, 0) is 6.54 Å². The Morgan fingerprint density at radius 2 is 2.33 bits per heavy atom. The summed E-state index contributed by atoms with van der Waals surface area (Å²) in [5.41, 5.74) is 8.34.